The third kappa shape index (κ3) is 2.01. The number of para-hydroxylation sites is 1. The van der Waals surface area contributed by atoms with Gasteiger partial charge >= 0.3 is 0 Å². The van der Waals surface area contributed by atoms with Gasteiger partial charge < -0.3 is 19.3 Å². The lowest BCUT2D eigenvalue weighted by Gasteiger charge is -2.23. The summed E-state index contributed by atoms with van der Waals surface area (Å²) in [5, 5.41) is 9.98. The number of phenolic OH excluding ortho intramolecular Hbond substituents is 1. The van der Waals surface area contributed by atoms with Crippen LogP contribution in [0.4, 0.5) is 0 Å². The second-order valence-corrected chi connectivity index (χ2v) is 6.07. The summed E-state index contributed by atoms with van der Waals surface area (Å²) in [6.45, 7) is 0. The standard InChI is InChI=1S/C19H18O5/c1-22-13-7-8-14(23-2)17-16(13)15-9-11(19(17)24-15)18(21)10-5-3-4-6-12(10)20/h3-8,11,15,19-20H,9H2,1-2H3/t11-,15-,19+/m0/s1. The molecule has 0 amide bonds. The molecule has 2 bridgehead atoms. The van der Waals surface area contributed by atoms with Crippen LogP contribution in [-0.2, 0) is 4.74 Å². The Kier molecular flexibility index (Phi) is 3.46. The SMILES string of the molecule is COc1ccc(OC)c2c1[C@@H]1C[C@@H](C(=O)c3ccccc3O)[C@H]2O1. The number of hydrogen-bond donors (Lipinski definition) is 1. The largest absolute Gasteiger partial charge is 0.507 e. The fraction of sp³-hybridized carbons (Fsp3) is 0.316. The van der Waals surface area contributed by atoms with E-state index in [0.29, 0.717) is 17.7 Å². The highest BCUT2D eigenvalue weighted by Crippen LogP contribution is 2.59. The minimum absolute atomic E-state index is 0.00287. The Labute approximate surface area is 139 Å². The molecule has 0 spiro atoms. The van der Waals surface area contributed by atoms with E-state index in [9.17, 15) is 9.90 Å². The zero-order chi connectivity index (χ0) is 16.8. The number of aromatic hydroxyl groups is 1. The van der Waals surface area contributed by atoms with Gasteiger partial charge in [0, 0.05) is 11.1 Å². The lowest BCUT2D eigenvalue weighted by molar-refractivity contribution is 0.0537. The summed E-state index contributed by atoms with van der Waals surface area (Å²) in [5.74, 6) is 1.02. The van der Waals surface area contributed by atoms with Crippen LogP contribution in [0.25, 0.3) is 0 Å². The van der Waals surface area contributed by atoms with E-state index in [1.165, 1.54) is 6.07 Å². The molecule has 1 fully saturated rings. The molecule has 0 aliphatic carbocycles. The number of methoxy groups -OCH3 is 2. The zero-order valence-electron chi connectivity index (χ0n) is 13.5. The van der Waals surface area contributed by atoms with Gasteiger partial charge in [-0.3, -0.25) is 4.79 Å². The fourth-order valence-electron chi connectivity index (χ4n) is 3.84. The quantitative estimate of drug-likeness (QED) is 0.872. The predicted octanol–water partition coefficient (Wildman–Crippen LogP) is 3.42. The van der Waals surface area contributed by atoms with Crippen molar-refractivity contribution in [3.8, 4) is 17.2 Å². The maximum atomic E-state index is 12.9. The van der Waals surface area contributed by atoms with Gasteiger partial charge in [-0.2, -0.15) is 0 Å². The fourth-order valence-corrected chi connectivity index (χ4v) is 3.84. The summed E-state index contributed by atoms with van der Waals surface area (Å²) in [4.78, 5) is 12.9. The molecule has 2 aromatic carbocycles. The maximum absolute atomic E-state index is 12.9. The topological polar surface area (TPSA) is 65.0 Å². The van der Waals surface area contributed by atoms with Gasteiger partial charge in [-0.25, -0.2) is 0 Å². The molecule has 4 rings (SSSR count). The van der Waals surface area contributed by atoms with E-state index >= 15 is 0 Å². The van der Waals surface area contributed by atoms with E-state index in [4.69, 9.17) is 14.2 Å². The van der Waals surface area contributed by atoms with Crippen molar-refractivity contribution in [1.82, 2.24) is 0 Å². The van der Waals surface area contributed by atoms with Crippen LogP contribution in [0.2, 0.25) is 0 Å². The highest BCUT2D eigenvalue weighted by molar-refractivity contribution is 6.01. The first-order chi connectivity index (χ1) is 11.7. The number of carbonyl (C=O) groups excluding carboxylic acids is 1. The molecule has 24 heavy (non-hydrogen) atoms. The molecule has 3 atom stereocenters. The van der Waals surface area contributed by atoms with Crippen molar-refractivity contribution in [1.29, 1.82) is 0 Å². The Morgan fingerprint density at radius 3 is 2.42 bits per heavy atom. The van der Waals surface area contributed by atoms with Crippen LogP contribution in [0.15, 0.2) is 36.4 Å². The molecule has 1 N–H and O–H groups in total. The molecule has 124 valence electrons. The van der Waals surface area contributed by atoms with E-state index in [0.717, 1.165) is 16.9 Å². The smallest absolute Gasteiger partial charge is 0.172 e. The van der Waals surface area contributed by atoms with Crippen LogP contribution < -0.4 is 9.47 Å². The lowest BCUT2D eigenvalue weighted by atomic mass is 9.79. The van der Waals surface area contributed by atoms with Crippen molar-refractivity contribution in [3.63, 3.8) is 0 Å². The second kappa shape index (κ2) is 5.53. The summed E-state index contributed by atoms with van der Waals surface area (Å²) in [6, 6.07) is 10.3. The Balaban J connectivity index is 1.76. The summed E-state index contributed by atoms with van der Waals surface area (Å²) >= 11 is 0. The Bertz CT molecular complexity index is 813. The normalized spacial score (nSPS) is 23.8. The van der Waals surface area contributed by atoms with E-state index in [1.807, 2.05) is 12.1 Å². The molecule has 0 radical (unpaired) electrons. The minimum Gasteiger partial charge on any atom is -0.507 e. The van der Waals surface area contributed by atoms with E-state index in [1.54, 1.807) is 32.4 Å². The third-order valence-corrected chi connectivity index (χ3v) is 4.90. The molecule has 2 heterocycles. The van der Waals surface area contributed by atoms with Crippen molar-refractivity contribution in [2.24, 2.45) is 5.92 Å². The summed E-state index contributed by atoms with van der Waals surface area (Å²) in [6.07, 6.45) is 0.0194. The Hall–Kier alpha value is -2.53. The first kappa shape index (κ1) is 15.0. The number of hydrogen-bond acceptors (Lipinski definition) is 5. The number of rotatable bonds is 4. The number of ketones is 1. The molecular formula is C19H18O5. The predicted molar refractivity (Wildman–Crippen MR) is 86.7 cm³/mol. The lowest BCUT2D eigenvalue weighted by Crippen LogP contribution is -2.21. The van der Waals surface area contributed by atoms with Gasteiger partial charge in [0.15, 0.2) is 5.78 Å². The Morgan fingerprint density at radius 1 is 1.08 bits per heavy atom. The molecule has 2 aliphatic rings. The first-order valence-electron chi connectivity index (χ1n) is 7.88. The molecule has 1 saturated heterocycles. The first-order valence-corrected chi connectivity index (χ1v) is 7.88. The molecule has 0 unspecified atom stereocenters. The monoisotopic (exact) mass is 326 g/mol. The molecule has 5 heteroatoms. The summed E-state index contributed by atoms with van der Waals surface area (Å²) in [7, 11) is 3.23. The second-order valence-electron chi connectivity index (χ2n) is 6.07. The van der Waals surface area contributed by atoms with Crippen molar-refractivity contribution >= 4 is 5.78 Å². The van der Waals surface area contributed by atoms with Crippen LogP contribution >= 0.6 is 0 Å². The molecule has 2 aromatic rings. The Morgan fingerprint density at radius 2 is 1.75 bits per heavy atom. The molecule has 0 aromatic heterocycles. The van der Waals surface area contributed by atoms with Gasteiger partial charge in [0.05, 0.1) is 37.9 Å². The number of fused-ring (bicyclic) bond motifs is 5. The third-order valence-electron chi connectivity index (χ3n) is 4.90. The van der Waals surface area contributed by atoms with Crippen molar-refractivity contribution < 1.29 is 24.1 Å². The van der Waals surface area contributed by atoms with Gasteiger partial charge in [-0.1, -0.05) is 12.1 Å². The van der Waals surface area contributed by atoms with Crippen molar-refractivity contribution in [2.75, 3.05) is 14.2 Å². The van der Waals surface area contributed by atoms with E-state index in [-0.39, 0.29) is 29.7 Å². The van der Waals surface area contributed by atoms with Gasteiger partial charge in [-0.05, 0) is 30.7 Å². The van der Waals surface area contributed by atoms with Crippen LogP contribution in [0.5, 0.6) is 17.2 Å². The van der Waals surface area contributed by atoms with Gasteiger partial charge in [-0.15, -0.1) is 0 Å². The molecule has 0 saturated carbocycles. The van der Waals surface area contributed by atoms with Crippen LogP contribution in [0, 0.1) is 5.92 Å². The van der Waals surface area contributed by atoms with Gasteiger partial charge in [0.2, 0.25) is 0 Å². The van der Waals surface area contributed by atoms with Crippen LogP contribution in [0.1, 0.15) is 40.1 Å². The summed E-state index contributed by atoms with van der Waals surface area (Å²) in [5.41, 5.74) is 2.20. The number of benzene rings is 2. The molecule has 2 aliphatic heterocycles. The van der Waals surface area contributed by atoms with E-state index in [2.05, 4.69) is 0 Å². The average Bonchev–Trinajstić information content (AvgIpc) is 3.20. The highest BCUT2D eigenvalue weighted by Gasteiger charge is 2.51. The van der Waals surface area contributed by atoms with Crippen LogP contribution in [0.3, 0.4) is 0 Å². The minimum atomic E-state index is -0.373. The van der Waals surface area contributed by atoms with E-state index < -0.39 is 0 Å². The number of ether oxygens (including phenoxy) is 3. The van der Waals surface area contributed by atoms with Crippen molar-refractivity contribution in [2.45, 2.75) is 18.6 Å². The number of Topliss-reactive ketones (excluding diaryl/α,β-unsaturated/α-hetero) is 1. The highest BCUT2D eigenvalue weighted by atomic mass is 16.5. The average molecular weight is 326 g/mol. The van der Waals surface area contributed by atoms with Crippen molar-refractivity contribution in [3.05, 3.63) is 53.1 Å². The van der Waals surface area contributed by atoms with Gasteiger partial charge in [0.1, 0.15) is 17.2 Å². The maximum Gasteiger partial charge on any atom is 0.172 e. The molecule has 5 nitrogen and oxygen atoms in total. The van der Waals surface area contributed by atoms with Gasteiger partial charge in [0.25, 0.3) is 0 Å². The number of carbonyl (C=O) groups is 1. The molecular weight excluding hydrogens is 308 g/mol. The number of phenols is 1. The summed E-state index contributed by atoms with van der Waals surface area (Å²) < 4.78 is 17.0. The zero-order valence-corrected chi connectivity index (χ0v) is 13.5. The van der Waals surface area contributed by atoms with Crippen LogP contribution in [-0.4, -0.2) is 25.1 Å².